The molecule has 0 saturated carbocycles. The number of halogens is 3. The van der Waals surface area contributed by atoms with Gasteiger partial charge in [0.2, 0.25) is 11.8 Å². The molecule has 0 amide bonds. The number of hydrogen-bond acceptors (Lipinski definition) is 7. The fraction of sp³-hybridized carbons (Fsp3) is 0.600. The molecule has 0 aliphatic heterocycles. The van der Waals surface area contributed by atoms with E-state index < -0.39 is 18.8 Å². The molecule has 0 aliphatic rings. The van der Waals surface area contributed by atoms with Crippen molar-refractivity contribution in [1.29, 1.82) is 0 Å². The van der Waals surface area contributed by atoms with Gasteiger partial charge in [-0.2, -0.15) is 18.2 Å². The number of hydrazine groups is 1. The molecule has 1 aromatic heterocycles. The van der Waals surface area contributed by atoms with Crippen LogP contribution in [-0.2, 0) is 4.74 Å². The average molecular weight is 296 g/mol. The number of ether oxygens (including phenoxy) is 3. The Morgan fingerprint density at radius 1 is 1.35 bits per heavy atom. The van der Waals surface area contributed by atoms with Crippen LogP contribution < -0.4 is 20.7 Å². The quantitative estimate of drug-likeness (QED) is 0.561. The molecule has 1 heterocycles. The highest BCUT2D eigenvalue weighted by molar-refractivity contribution is 5.25. The minimum absolute atomic E-state index is 0.0860. The minimum Gasteiger partial charge on any atom is -0.480 e. The molecule has 114 valence electrons. The fourth-order valence-electron chi connectivity index (χ4n) is 1.35. The molecule has 7 nitrogen and oxygen atoms in total. The second-order valence-corrected chi connectivity index (χ2v) is 3.66. The zero-order valence-electron chi connectivity index (χ0n) is 10.9. The highest BCUT2D eigenvalue weighted by atomic mass is 19.4. The van der Waals surface area contributed by atoms with Gasteiger partial charge in [-0.25, -0.2) is 10.4 Å². The maximum absolute atomic E-state index is 12.0. The van der Waals surface area contributed by atoms with Crippen molar-refractivity contribution in [3.8, 4) is 11.8 Å². The van der Waals surface area contributed by atoms with Crippen molar-refractivity contribution in [2.75, 3.05) is 27.4 Å². The Bertz CT molecular complexity index is 431. The fourth-order valence-corrected chi connectivity index (χ4v) is 1.35. The summed E-state index contributed by atoms with van der Waals surface area (Å²) in [5.41, 5.74) is 2.52. The Labute approximate surface area is 113 Å². The molecule has 1 aromatic rings. The highest BCUT2D eigenvalue weighted by Crippen LogP contribution is 2.23. The van der Waals surface area contributed by atoms with Crippen LogP contribution in [0, 0.1) is 0 Å². The van der Waals surface area contributed by atoms with Gasteiger partial charge in [0.1, 0.15) is 12.3 Å². The smallest absolute Gasteiger partial charge is 0.411 e. The van der Waals surface area contributed by atoms with Crippen molar-refractivity contribution < 1.29 is 27.4 Å². The van der Waals surface area contributed by atoms with Gasteiger partial charge in [0.15, 0.2) is 0 Å². The second-order valence-electron chi connectivity index (χ2n) is 3.66. The first-order valence-electron chi connectivity index (χ1n) is 5.46. The van der Waals surface area contributed by atoms with Gasteiger partial charge in [-0.1, -0.05) is 0 Å². The van der Waals surface area contributed by atoms with E-state index in [9.17, 15) is 13.2 Å². The van der Waals surface area contributed by atoms with Crippen LogP contribution in [0.25, 0.3) is 0 Å². The van der Waals surface area contributed by atoms with Crippen LogP contribution in [0.15, 0.2) is 6.20 Å². The number of methoxy groups -OCH3 is 2. The van der Waals surface area contributed by atoms with Gasteiger partial charge in [0.05, 0.1) is 33.1 Å². The third-order valence-electron chi connectivity index (χ3n) is 2.23. The van der Waals surface area contributed by atoms with Crippen LogP contribution in [-0.4, -0.2) is 43.6 Å². The molecule has 0 aliphatic carbocycles. The zero-order valence-corrected chi connectivity index (χ0v) is 10.9. The van der Waals surface area contributed by atoms with E-state index >= 15 is 0 Å². The van der Waals surface area contributed by atoms with Crippen LogP contribution in [0.4, 0.5) is 13.2 Å². The monoisotopic (exact) mass is 296 g/mol. The summed E-state index contributed by atoms with van der Waals surface area (Å²) in [5.74, 6) is 5.58. The lowest BCUT2D eigenvalue weighted by Gasteiger charge is -2.18. The first kappa shape index (κ1) is 16.4. The summed E-state index contributed by atoms with van der Waals surface area (Å²) in [6.45, 7) is -1.72. The van der Waals surface area contributed by atoms with Gasteiger partial charge in [0.25, 0.3) is 0 Å². The largest absolute Gasteiger partial charge is 0.480 e. The molecule has 0 fully saturated rings. The number of aromatic nitrogens is 2. The van der Waals surface area contributed by atoms with Gasteiger partial charge in [0, 0.05) is 0 Å². The molecule has 0 bridgehead atoms. The van der Waals surface area contributed by atoms with Gasteiger partial charge in [-0.3, -0.25) is 5.84 Å². The number of nitrogens with zero attached hydrogens (tertiary/aromatic N) is 2. The van der Waals surface area contributed by atoms with Gasteiger partial charge in [-0.05, 0) is 0 Å². The Hall–Kier alpha value is -1.65. The summed E-state index contributed by atoms with van der Waals surface area (Å²) < 4.78 is 50.4. The maximum atomic E-state index is 12.0. The summed E-state index contributed by atoms with van der Waals surface area (Å²) in [4.78, 5) is 7.95. The molecule has 1 rings (SSSR count). The molecular formula is C10H15F3N4O3. The number of hydrogen-bond donors (Lipinski definition) is 2. The predicted molar refractivity (Wildman–Crippen MR) is 62.1 cm³/mol. The lowest BCUT2D eigenvalue weighted by atomic mass is 10.2. The van der Waals surface area contributed by atoms with Crippen molar-refractivity contribution in [2.45, 2.75) is 12.2 Å². The van der Waals surface area contributed by atoms with E-state index in [0.717, 1.165) is 0 Å². The van der Waals surface area contributed by atoms with Crippen LogP contribution in [0.3, 0.4) is 0 Å². The maximum Gasteiger partial charge on any atom is 0.411 e. The third kappa shape index (κ3) is 4.79. The number of nitrogens with two attached hydrogens (primary N) is 1. The summed E-state index contributed by atoms with van der Waals surface area (Å²) in [6, 6.07) is -0.800. The Kier molecular flexibility index (Phi) is 5.92. The van der Waals surface area contributed by atoms with Crippen LogP contribution in [0.1, 0.15) is 11.7 Å². The van der Waals surface area contributed by atoms with Crippen LogP contribution in [0.2, 0.25) is 0 Å². The van der Waals surface area contributed by atoms with E-state index in [0.29, 0.717) is 0 Å². The molecule has 0 aromatic carbocycles. The summed E-state index contributed by atoms with van der Waals surface area (Å²) in [6.07, 6.45) is -3.11. The van der Waals surface area contributed by atoms with Crippen molar-refractivity contribution in [1.82, 2.24) is 15.4 Å². The second kappa shape index (κ2) is 7.22. The van der Waals surface area contributed by atoms with E-state index in [2.05, 4.69) is 20.1 Å². The van der Waals surface area contributed by atoms with E-state index in [-0.39, 0.29) is 24.1 Å². The summed E-state index contributed by atoms with van der Waals surface area (Å²) in [7, 11) is 2.74. The third-order valence-corrected chi connectivity index (χ3v) is 2.23. The highest BCUT2D eigenvalue weighted by Gasteiger charge is 2.28. The summed E-state index contributed by atoms with van der Waals surface area (Å²) in [5, 5.41) is 0. The SMILES string of the molecule is COc1cnc(C(COCC(F)(F)F)NN)c(OC)n1. The Morgan fingerprint density at radius 3 is 2.55 bits per heavy atom. The molecular weight excluding hydrogens is 281 g/mol. The first-order valence-corrected chi connectivity index (χ1v) is 5.46. The molecule has 1 atom stereocenters. The van der Waals surface area contributed by atoms with Gasteiger partial charge >= 0.3 is 6.18 Å². The number of rotatable bonds is 7. The first-order chi connectivity index (χ1) is 9.41. The van der Waals surface area contributed by atoms with Gasteiger partial charge < -0.3 is 14.2 Å². The van der Waals surface area contributed by atoms with E-state index in [1.807, 2.05) is 0 Å². The standard InChI is InChI=1S/C10H15F3N4O3/c1-18-7-3-15-8(9(16-7)19-2)6(17-14)4-20-5-10(11,12)13/h3,6,17H,4-5,14H2,1-2H3. The van der Waals surface area contributed by atoms with Crippen molar-refractivity contribution >= 4 is 0 Å². The molecule has 0 spiro atoms. The lowest BCUT2D eigenvalue weighted by Crippen LogP contribution is -2.33. The van der Waals surface area contributed by atoms with Gasteiger partial charge in [-0.15, -0.1) is 0 Å². The summed E-state index contributed by atoms with van der Waals surface area (Å²) >= 11 is 0. The molecule has 1 unspecified atom stereocenters. The van der Waals surface area contributed by atoms with Crippen molar-refractivity contribution in [3.05, 3.63) is 11.9 Å². The van der Waals surface area contributed by atoms with Crippen molar-refractivity contribution in [2.24, 2.45) is 5.84 Å². The van der Waals surface area contributed by atoms with Crippen LogP contribution in [0.5, 0.6) is 11.8 Å². The molecule has 0 saturated heterocycles. The zero-order chi connectivity index (χ0) is 15.2. The molecule has 10 heteroatoms. The lowest BCUT2D eigenvalue weighted by molar-refractivity contribution is -0.175. The topological polar surface area (TPSA) is 91.5 Å². The van der Waals surface area contributed by atoms with Crippen molar-refractivity contribution in [3.63, 3.8) is 0 Å². The van der Waals surface area contributed by atoms with E-state index in [1.54, 1.807) is 0 Å². The molecule has 0 radical (unpaired) electrons. The van der Waals surface area contributed by atoms with E-state index in [4.69, 9.17) is 15.3 Å². The van der Waals surface area contributed by atoms with E-state index in [1.165, 1.54) is 20.4 Å². The average Bonchev–Trinajstić information content (AvgIpc) is 2.42. The minimum atomic E-state index is -4.41. The number of nitrogens with one attached hydrogen (secondary N) is 1. The molecule has 20 heavy (non-hydrogen) atoms. The Balaban J connectivity index is 2.78. The van der Waals surface area contributed by atoms with Crippen LogP contribution >= 0.6 is 0 Å². The normalized spacial score (nSPS) is 13.1. The number of alkyl halides is 3. The predicted octanol–water partition coefficient (Wildman–Crippen LogP) is 0.577. The Morgan fingerprint density at radius 2 is 2.05 bits per heavy atom. The molecule has 3 N–H and O–H groups in total.